The minimum Gasteiger partial charge on any atom is -0.385 e. The number of benzene rings is 2. The molecule has 2 aromatic carbocycles. The molecular weight excluding hydrogens is 378 g/mol. The highest BCUT2D eigenvalue weighted by molar-refractivity contribution is 5.14. The van der Waals surface area contributed by atoms with Crippen molar-refractivity contribution in [2.75, 3.05) is 6.61 Å². The van der Waals surface area contributed by atoms with Gasteiger partial charge in [0.2, 0.25) is 0 Å². The summed E-state index contributed by atoms with van der Waals surface area (Å²) >= 11 is 0. The van der Waals surface area contributed by atoms with Crippen LogP contribution in [0, 0.1) is 0 Å². The minimum absolute atomic E-state index is 0.0234. The molecule has 1 saturated heterocycles. The molecule has 1 unspecified atom stereocenters. The summed E-state index contributed by atoms with van der Waals surface area (Å²) in [4.78, 5) is 2.65. The molecule has 0 amide bonds. The molecule has 9 heteroatoms. The molecule has 29 heavy (non-hydrogen) atoms. The van der Waals surface area contributed by atoms with Crippen LogP contribution < -0.4 is 0 Å². The number of azide groups is 1. The summed E-state index contributed by atoms with van der Waals surface area (Å²) in [6.45, 7) is -0.522. The first-order valence-corrected chi connectivity index (χ1v) is 8.93. The van der Waals surface area contributed by atoms with Gasteiger partial charge in [-0.15, -0.1) is 0 Å². The minimum atomic E-state index is -2.28. The topological polar surface area (TPSA) is 137 Å². The van der Waals surface area contributed by atoms with Gasteiger partial charge in [-0.3, -0.25) is 0 Å². The number of hydrogen-bond donors (Lipinski definition) is 3. The Bertz CT molecular complexity index is 945. The van der Waals surface area contributed by atoms with Crippen LogP contribution in [0.1, 0.15) is 13.9 Å². The smallest absolute Gasteiger partial charge is 0.196 e. The fraction of sp³-hybridized carbons (Fsp3) is 0.400. The fourth-order valence-corrected chi connectivity index (χ4v) is 3.01. The van der Waals surface area contributed by atoms with E-state index in [2.05, 4.69) is 10.0 Å². The Kier molecular flexibility index (Phi) is 6.27. The van der Waals surface area contributed by atoms with Gasteiger partial charge in [0.15, 0.2) is 12.0 Å². The second kappa shape index (κ2) is 9.82. The van der Waals surface area contributed by atoms with Crippen molar-refractivity contribution < 1.29 is 32.3 Å². The first-order chi connectivity index (χ1) is 14.8. The van der Waals surface area contributed by atoms with Gasteiger partial charge in [0.1, 0.15) is 18.3 Å². The molecule has 5 atom stereocenters. The Morgan fingerprint density at radius 2 is 1.76 bits per heavy atom. The van der Waals surface area contributed by atoms with Gasteiger partial charge in [0.05, 0.1) is 22.6 Å². The molecule has 1 aliphatic rings. The summed E-state index contributed by atoms with van der Waals surface area (Å²) in [7, 11) is 0. The summed E-state index contributed by atoms with van der Waals surface area (Å²) < 4.78 is 31.7. The quantitative estimate of drug-likeness (QED) is 0.332. The van der Waals surface area contributed by atoms with Gasteiger partial charge in [-0.25, -0.2) is 0 Å². The van der Waals surface area contributed by atoms with E-state index in [4.69, 9.17) is 22.5 Å². The lowest BCUT2D eigenvalue weighted by Gasteiger charge is -2.32. The predicted molar refractivity (Wildman–Crippen MR) is 102 cm³/mol. The molecule has 154 valence electrons. The normalized spacial score (nSPS) is 26.9. The van der Waals surface area contributed by atoms with E-state index < -0.39 is 36.9 Å². The lowest BCUT2D eigenvalue weighted by atomic mass is 10.0. The van der Waals surface area contributed by atoms with Crippen molar-refractivity contribution >= 4 is 0 Å². The van der Waals surface area contributed by atoms with Crippen molar-refractivity contribution in [1.29, 1.82) is 0 Å². The Balaban J connectivity index is 1.72. The molecule has 3 rings (SSSR count). The average Bonchev–Trinajstić information content (AvgIpc) is 3.01. The summed E-state index contributed by atoms with van der Waals surface area (Å²) in [6, 6.07) is 13.7. The monoisotopic (exact) mass is 403 g/mol. The Hall–Kier alpha value is -2.49. The number of ether oxygens (including phenoxy) is 3. The molecule has 0 spiro atoms. The van der Waals surface area contributed by atoms with E-state index in [0.717, 1.165) is 0 Å². The first-order valence-electron chi connectivity index (χ1n) is 9.93. The fourth-order valence-electron chi connectivity index (χ4n) is 3.01. The van der Waals surface area contributed by atoms with Gasteiger partial charge in [0, 0.05) is 4.91 Å². The van der Waals surface area contributed by atoms with E-state index in [1.54, 1.807) is 48.5 Å². The second-order valence-electron chi connectivity index (χ2n) is 6.60. The third-order valence-electron chi connectivity index (χ3n) is 4.46. The molecule has 1 heterocycles. The van der Waals surface area contributed by atoms with Gasteiger partial charge in [-0.05, 0) is 16.7 Å². The Morgan fingerprint density at radius 1 is 1.10 bits per heavy atom. The second-order valence-corrected chi connectivity index (χ2v) is 6.60. The van der Waals surface area contributed by atoms with Crippen LogP contribution in [0.15, 0.2) is 65.7 Å². The van der Waals surface area contributed by atoms with E-state index in [1.165, 1.54) is 0 Å². The molecule has 0 saturated carbocycles. The van der Waals surface area contributed by atoms with Gasteiger partial charge >= 0.3 is 0 Å². The van der Waals surface area contributed by atoms with Crippen molar-refractivity contribution in [3.63, 3.8) is 0 Å². The van der Waals surface area contributed by atoms with Crippen LogP contribution in [0.5, 0.6) is 0 Å². The predicted octanol–water partition coefficient (Wildman–Crippen LogP) is 1.87. The molecule has 1 aliphatic heterocycles. The molecule has 0 aliphatic carbocycles. The van der Waals surface area contributed by atoms with Crippen LogP contribution >= 0.6 is 0 Å². The summed E-state index contributed by atoms with van der Waals surface area (Å²) in [5, 5.41) is 34.6. The zero-order valence-corrected chi connectivity index (χ0v) is 15.5. The highest BCUT2D eigenvalue weighted by Gasteiger charge is 2.54. The lowest BCUT2D eigenvalue weighted by molar-refractivity contribution is -0.193. The molecule has 0 bridgehead atoms. The molecule has 9 nitrogen and oxygen atoms in total. The van der Waals surface area contributed by atoms with Crippen LogP contribution in [-0.2, 0) is 27.4 Å². The lowest BCUT2D eigenvalue weighted by Crippen LogP contribution is -2.51. The maximum Gasteiger partial charge on any atom is 0.196 e. The average molecular weight is 403 g/mol. The third-order valence-corrected chi connectivity index (χ3v) is 4.46. The number of hydrogen-bond acceptors (Lipinski definition) is 7. The molecule has 3 N–H and O–H groups in total. The van der Waals surface area contributed by atoms with Gasteiger partial charge in [-0.1, -0.05) is 65.7 Å². The Labute approximate surface area is 170 Å². The molecule has 2 aromatic rings. The maximum absolute atomic E-state index is 11.0. The number of nitrogens with zero attached hydrogens (tertiary/aromatic N) is 3. The maximum atomic E-state index is 11.0. The van der Waals surface area contributed by atoms with Crippen LogP contribution in [0.4, 0.5) is 0 Å². The van der Waals surface area contributed by atoms with Crippen LogP contribution in [0.3, 0.4) is 0 Å². The largest absolute Gasteiger partial charge is 0.385 e. The van der Waals surface area contributed by atoms with E-state index in [9.17, 15) is 15.3 Å². The summed E-state index contributed by atoms with van der Waals surface area (Å²) in [6.07, 6.45) is -5.84. The van der Waals surface area contributed by atoms with E-state index in [0.29, 0.717) is 17.2 Å². The van der Waals surface area contributed by atoms with Gasteiger partial charge in [-0.2, -0.15) is 0 Å². The third kappa shape index (κ3) is 5.31. The van der Waals surface area contributed by atoms with Crippen molar-refractivity contribution in [3.05, 3.63) is 82.2 Å². The van der Waals surface area contributed by atoms with Crippen molar-refractivity contribution in [1.82, 2.24) is 0 Å². The summed E-state index contributed by atoms with van der Waals surface area (Å²) in [5.74, 6) is 0. The number of aliphatic hydroxyl groups is 3. The van der Waals surface area contributed by atoms with Gasteiger partial charge < -0.3 is 29.5 Å². The van der Waals surface area contributed by atoms with Crippen molar-refractivity contribution in [2.45, 2.75) is 43.5 Å². The van der Waals surface area contributed by atoms with E-state index in [-0.39, 0.29) is 19.3 Å². The highest BCUT2D eigenvalue weighted by atomic mass is 16.7. The van der Waals surface area contributed by atoms with E-state index >= 15 is 0 Å². The summed E-state index contributed by atoms with van der Waals surface area (Å²) in [5.41, 5.74) is 7.97. The zero-order chi connectivity index (χ0) is 22.4. The molecule has 1 fully saturated rings. The molecule has 0 aromatic heterocycles. The Morgan fingerprint density at radius 3 is 2.38 bits per heavy atom. The first kappa shape index (κ1) is 18.5. The standard InChI is InChI=1S/C20H23N3O6/c21-23-22-20(26,13-27-11-14-7-3-1-4-8-14)18-17(16(24)19(25)29-18)28-12-15-9-5-2-6-10-15/h1-10,16-19,24-26H,11-13H2/t16-,17-,18+,19?,20-/m1/s1/i3D,5D. The molecule has 0 radical (unpaired) electrons. The number of aliphatic hydroxyl groups excluding tert-OH is 2. The van der Waals surface area contributed by atoms with Crippen LogP contribution in [0.25, 0.3) is 10.4 Å². The number of rotatable bonds is 9. The van der Waals surface area contributed by atoms with Crippen molar-refractivity contribution in [3.8, 4) is 0 Å². The SMILES string of the molecule is [2H]c1cccc(COC[C@](O)(N=[N+]=[N-])[C@H]2OC(O)[C@H](O)[C@H]2OCc2cccc([2H])c2)c1. The van der Waals surface area contributed by atoms with Crippen LogP contribution in [-0.4, -0.2) is 52.3 Å². The van der Waals surface area contributed by atoms with Crippen molar-refractivity contribution in [2.24, 2.45) is 5.11 Å². The van der Waals surface area contributed by atoms with E-state index in [1.807, 2.05) is 0 Å². The van der Waals surface area contributed by atoms with Gasteiger partial charge in [0.25, 0.3) is 0 Å². The highest BCUT2D eigenvalue weighted by Crippen LogP contribution is 2.32. The molecular formula is C20H23N3O6. The zero-order valence-electron chi connectivity index (χ0n) is 17.5. The van der Waals surface area contributed by atoms with Crippen LogP contribution in [0.2, 0.25) is 0 Å².